The zero-order valence-corrected chi connectivity index (χ0v) is 16.2. The largest absolute Gasteiger partial charge is 0.497 e. The van der Waals surface area contributed by atoms with Crippen LogP contribution in [0.2, 0.25) is 0 Å². The second kappa shape index (κ2) is 8.85. The van der Waals surface area contributed by atoms with Gasteiger partial charge in [-0.05, 0) is 68.2 Å². The lowest BCUT2D eigenvalue weighted by Gasteiger charge is -2.34. The molecule has 1 aromatic heterocycles. The Morgan fingerprint density at radius 1 is 1.23 bits per heavy atom. The van der Waals surface area contributed by atoms with E-state index in [-0.39, 0.29) is 0 Å². The number of hydrogen-bond acceptors (Lipinski definition) is 4. The minimum Gasteiger partial charge on any atom is -0.497 e. The fourth-order valence-corrected chi connectivity index (χ4v) is 3.36. The van der Waals surface area contributed by atoms with Crippen LogP contribution in [0.3, 0.4) is 0 Å². The highest BCUT2D eigenvalue weighted by Gasteiger charge is 2.19. The molecule has 2 heterocycles. The first kappa shape index (κ1) is 18.5. The molecule has 0 saturated carbocycles. The van der Waals surface area contributed by atoms with Gasteiger partial charge in [0.1, 0.15) is 11.6 Å². The van der Waals surface area contributed by atoms with E-state index in [0.29, 0.717) is 17.7 Å². The summed E-state index contributed by atoms with van der Waals surface area (Å²) in [5, 5.41) is 6.99. The number of benzene rings is 1. The average Bonchev–Trinajstić information content (AvgIpc) is 2.68. The number of rotatable bonds is 5. The summed E-state index contributed by atoms with van der Waals surface area (Å²) in [4.78, 5) is 6.99. The van der Waals surface area contributed by atoms with E-state index in [1.807, 2.05) is 36.5 Å². The predicted molar refractivity (Wildman–Crippen MR) is 111 cm³/mol. The summed E-state index contributed by atoms with van der Waals surface area (Å²) in [6.45, 7) is 4.01. The van der Waals surface area contributed by atoms with Gasteiger partial charge in [-0.15, -0.1) is 0 Å². The summed E-state index contributed by atoms with van der Waals surface area (Å²) in [5.41, 5.74) is 2.04. The minimum atomic E-state index is 0.558. The van der Waals surface area contributed by atoms with Gasteiger partial charge >= 0.3 is 0 Å². The maximum Gasteiger partial charge on any atom is 0.171 e. The van der Waals surface area contributed by atoms with Crippen molar-refractivity contribution >= 4 is 28.8 Å². The van der Waals surface area contributed by atoms with Crippen molar-refractivity contribution in [3.05, 3.63) is 48.2 Å². The van der Waals surface area contributed by atoms with Gasteiger partial charge in [0.15, 0.2) is 5.11 Å². The number of piperidine rings is 1. The summed E-state index contributed by atoms with van der Waals surface area (Å²) in [6, 6.07) is 12.6. The Hall–Kier alpha value is -2.34. The third-order valence-electron chi connectivity index (χ3n) is 4.72. The lowest BCUT2D eigenvalue weighted by Crippen LogP contribution is -2.37. The molecule has 2 N–H and O–H groups in total. The highest BCUT2D eigenvalue weighted by atomic mass is 32.1. The Morgan fingerprint density at radius 3 is 2.69 bits per heavy atom. The van der Waals surface area contributed by atoms with E-state index >= 15 is 0 Å². The van der Waals surface area contributed by atoms with E-state index in [2.05, 4.69) is 33.5 Å². The number of methoxy groups -OCH3 is 1. The quantitative estimate of drug-likeness (QED) is 0.777. The molecule has 1 atom stereocenters. The van der Waals surface area contributed by atoms with Gasteiger partial charge in [-0.1, -0.05) is 12.1 Å². The van der Waals surface area contributed by atoms with Crippen molar-refractivity contribution in [1.82, 2.24) is 10.3 Å². The van der Waals surface area contributed by atoms with Crippen molar-refractivity contribution in [2.75, 3.05) is 23.9 Å². The molecule has 0 aliphatic carbocycles. The van der Waals surface area contributed by atoms with Gasteiger partial charge in [0.05, 0.1) is 19.0 Å². The number of nitrogens with zero attached hydrogens (tertiary/aromatic N) is 2. The first-order chi connectivity index (χ1) is 12.7. The Balaban J connectivity index is 1.50. The molecular formula is C20H26N4OS. The minimum absolute atomic E-state index is 0.558. The number of anilines is 2. The molecule has 26 heavy (non-hydrogen) atoms. The first-order valence-electron chi connectivity index (χ1n) is 9.06. The van der Waals surface area contributed by atoms with Crippen LogP contribution >= 0.6 is 12.2 Å². The molecule has 3 rings (SSSR count). The molecule has 138 valence electrons. The van der Waals surface area contributed by atoms with Gasteiger partial charge < -0.3 is 20.3 Å². The lowest BCUT2D eigenvalue weighted by molar-refractivity contribution is 0.414. The highest BCUT2D eigenvalue weighted by molar-refractivity contribution is 7.80. The van der Waals surface area contributed by atoms with Crippen LogP contribution in [0.5, 0.6) is 5.75 Å². The average molecular weight is 371 g/mol. The summed E-state index contributed by atoms with van der Waals surface area (Å²) in [6.07, 6.45) is 5.63. The topological polar surface area (TPSA) is 49.4 Å². The van der Waals surface area contributed by atoms with Gasteiger partial charge in [0, 0.05) is 19.1 Å². The summed E-state index contributed by atoms with van der Waals surface area (Å²) in [7, 11) is 1.66. The summed E-state index contributed by atoms with van der Waals surface area (Å²) in [5.74, 6) is 1.89. The second-order valence-electron chi connectivity index (χ2n) is 6.60. The molecule has 1 aliphatic heterocycles. The van der Waals surface area contributed by atoms with Crippen LogP contribution in [0.25, 0.3) is 0 Å². The number of aromatic nitrogens is 1. The Labute approximate surface area is 160 Å². The molecule has 6 heteroatoms. The maximum atomic E-state index is 5.38. The van der Waals surface area contributed by atoms with Crippen molar-refractivity contribution in [2.45, 2.75) is 38.8 Å². The molecule has 0 amide bonds. The molecule has 1 saturated heterocycles. The van der Waals surface area contributed by atoms with Crippen molar-refractivity contribution in [3.8, 4) is 5.75 Å². The Morgan fingerprint density at radius 2 is 2.04 bits per heavy atom. The van der Waals surface area contributed by atoms with Crippen LogP contribution in [0.15, 0.2) is 42.6 Å². The smallest absolute Gasteiger partial charge is 0.171 e. The standard InChI is InChI=1S/C20H26N4OS/c1-15-5-3-4-12-24(15)19-11-8-17(14-21-19)23-20(26)22-13-16-6-9-18(25-2)10-7-16/h6-11,14-15H,3-5,12-13H2,1-2H3,(H2,22,23,26)/t15-/m0/s1. The van der Waals surface area contributed by atoms with Gasteiger partial charge in [-0.3, -0.25) is 0 Å². The monoisotopic (exact) mass is 370 g/mol. The molecule has 0 bridgehead atoms. The zero-order chi connectivity index (χ0) is 18.4. The van der Waals surface area contributed by atoms with E-state index in [0.717, 1.165) is 29.4 Å². The number of hydrogen-bond donors (Lipinski definition) is 2. The van der Waals surface area contributed by atoms with Crippen molar-refractivity contribution in [2.24, 2.45) is 0 Å². The first-order valence-corrected chi connectivity index (χ1v) is 9.47. The Bertz CT molecular complexity index is 718. The van der Waals surface area contributed by atoms with Crippen LogP contribution in [0, 0.1) is 0 Å². The van der Waals surface area contributed by atoms with E-state index in [9.17, 15) is 0 Å². The third-order valence-corrected chi connectivity index (χ3v) is 4.96. The summed E-state index contributed by atoms with van der Waals surface area (Å²) >= 11 is 5.38. The lowest BCUT2D eigenvalue weighted by atomic mass is 10.0. The molecule has 2 aromatic rings. The third kappa shape index (κ3) is 4.85. The molecule has 0 radical (unpaired) electrons. The summed E-state index contributed by atoms with van der Waals surface area (Å²) < 4.78 is 5.16. The van der Waals surface area contributed by atoms with E-state index in [1.165, 1.54) is 19.3 Å². The predicted octanol–water partition coefficient (Wildman–Crippen LogP) is 3.96. The number of ether oxygens (including phenoxy) is 1. The van der Waals surface area contributed by atoms with Crippen LogP contribution in [-0.4, -0.2) is 29.8 Å². The van der Waals surface area contributed by atoms with E-state index in [1.54, 1.807) is 7.11 Å². The van der Waals surface area contributed by atoms with Crippen LogP contribution in [-0.2, 0) is 6.54 Å². The van der Waals surface area contributed by atoms with Crippen molar-refractivity contribution in [1.29, 1.82) is 0 Å². The van der Waals surface area contributed by atoms with Gasteiger partial charge in [0.2, 0.25) is 0 Å². The van der Waals surface area contributed by atoms with Gasteiger partial charge in [-0.2, -0.15) is 0 Å². The maximum absolute atomic E-state index is 5.38. The fraction of sp³-hybridized carbons (Fsp3) is 0.400. The molecule has 5 nitrogen and oxygen atoms in total. The van der Waals surface area contributed by atoms with Crippen molar-refractivity contribution < 1.29 is 4.74 Å². The molecular weight excluding hydrogens is 344 g/mol. The molecule has 0 spiro atoms. The molecule has 1 fully saturated rings. The molecule has 1 aromatic carbocycles. The van der Waals surface area contributed by atoms with Crippen LogP contribution in [0.1, 0.15) is 31.7 Å². The SMILES string of the molecule is COc1ccc(CNC(=S)Nc2ccc(N3CCCC[C@@H]3C)nc2)cc1. The van der Waals surface area contributed by atoms with E-state index < -0.39 is 0 Å². The molecule has 0 unspecified atom stereocenters. The Kier molecular flexibility index (Phi) is 6.28. The number of thiocarbonyl (C=S) groups is 1. The number of nitrogens with one attached hydrogen (secondary N) is 2. The van der Waals surface area contributed by atoms with Crippen LogP contribution in [0.4, 0.5) is 11.5 Å². The van der Waals surface area contributed by atoms with Gasteiger partial charge in [-0.25, -0.2) is 4.98 Å². The van der Waals surface area contributed by atoms with E-state index in [4.69, 9.17) is 17.0 Å². The van der Waals surface area contributed by atoms with Gasteiger partial charge in [0.25, 0.3) is 0 Å². The molecule has 1 aliphatic rings. The fourth-order valence-electron chi connectivity index (χ4n) is 3.17. The van der Waals surface area contributed by atoms with Crippen LogP contribution < -0.4 is 20.3 Å². The van der Waals surface area contributed by atoms with Crippen molar-refractivity contribution in [3.63, 3.8) is 0 Å². The number of pyridine rings is 1. The second-order valence-corrected chi connectivity index (χ2v) is 7.01. The normalized spacial score (nSPS) is 16.8. The zero-order valence-electron chi connectivity index (χ0n) is 15.4. The highest BCUT2D eigenvalue weighted by Crippen LogP contribution is 2.23.